The lowest BCUT2D eigenvalue weighted by atomic mass is 10.0. The number of carbonyl (C=O) groups is 1. The van der Waals surface area contributed by atoms with E-state index < -0.39 is 5.97 Å². The highest BCUT2D eigenvalue weighted by Gasteiger charge is 1.97. The van der Waals surface area contributed by atoms with Crippen LogP contribution in [0.2, 0.25) is 0 Å². The first-order valence-corrected chi connectivity index (χ1v) is 9.49. The van der Waals surface area contributed by atoms with Crippen LogP contribution in [0.4, 0.5) is 0 Å². The Balaban J connectivity index is 0. The van der Waals surface area contributed by atoms with Crippen LogP contribution in [0.5, 0.6) is 0 Å². The quantitative estimate of drug-likeness (QED) is 0.271. The molecule has 22 heavy (non-hydrogen) atoms. The maximum atomic E-state index is 10.3. The molecule has 0 bridgehead atoms. The second-order valence-corrected chi connectivity index (χ2v) is 6.45. The summed E-state index contributed by atoms with van der Waals surface area (Å²) >= 11 is 0. The summed E-state index contributed by atoms with van der Waals surface area (Å²) in [5.74, 6) is -0.652. The fraction of sp³-hybridized carbons (Fsp3) is 0.947. The largest absolute Gasteiger partial charge is 0.481 e. The van der Waals surface area contributed by atoms with Crippen molar-refractivity contribution in [2.24, 2.45) is 0 Å². The molecule has 0 aromatic carbocycles. The van der Waals surface area contributed by atoms with Crippen molar-refractivity contribution in [1.82, 2.24) is 0 Å². The van der Waals surface area contributed by atoms with Gasteiger partial charge in [-0.25, -0.2) is 0 Å². The molecular formula is C19H40MgO2. The van der Waals surface area contributed by atoms with Crippen LogP contribution in [0, 0.1) is 0 Å². The molecule has 0 saturated heterocycles. The maximum Gasteiger partial charge on any atom is 0.316 e. The van der Waals surface area contributed by atoms with Gasteiger partial charge in [0.1, 0.15) is 0 Å². The summed E-state index contributed by atoms with van der Waals surface area (Å²) in [5.41, 5.74) is 0. The standard InChI is InChI=1S/C19H38O2.Mg.2H/c1-2-3-4-5-6-7-8-9-10-11-12-13-14-15-16-17-18-19(20)21;;;/h2-18H2,1H3,(H,20,21);;;. The van der Waals surface area contributed by atoms with E-state index in [0.717, 1.165) is 12.8 Å². The SMILES string of the molecule is CCCCCCCCCCCCCCCCCCC(=O)O.[MgH2]. The normalized spacial score (nSPS) is 10.4. The van der Waals surface area contributed by atoms with E-state index in [9.17, 15) is 4.79 Å². The first-order chi connectivity index (χ1) is 10.3. The van der Waals surface area contributed by atoms with E-state index in [-0.39, 0.29) is 23.1 Å². The van der Waals surface area contributed by atoms with Crippen molar-refractivity contribution in [3.8, 4) is 0 Å². The number of hydrogen-bond acceptors (Lipinski definition) is 1. The summed E-state index contributed by atoms with van der Waals surface area (Å²) in [6.45, 7) is 2.27. The third-order valence-corrected chi connectivity index (χ3v) is 4.24. The van der Waals surface area contributed by atoms with E-state index in [0.29, 0.717) is 6.42 Å². The van der Waals surface area contributed by atoms with Crippen molar-refractivity contribution < 1.29 is 9.90 Å². The summed E-state index contributed by atoms with van der Waals surface area (Å²) in [5, 5.41) is 8.53. The van der Waals surface area contributed by atoms with Gasteiger partial charge in [0.2, 0.25) is 0 Å². The highest BCUT2D eigenvalue weighted by molar-refractivity contribution is 5.75. The first kappa shape index (κ1) is 24.5. The van der Waals surface area contributed by atoms with E-state index in [1.807, 2.05) is 0 Å². The van der Waals surface area contributed by atoms with Gasteiger partial charge in [-0.1, -0.05) is 103 Å². The zero-order valence-electron chi connectivity index (χ0n) is 14.4. The lowest BCUT2D eigenvalue weighted by molar-refractivity contribution is -0.137. The third kappa shape index (κ3) is 22.5. The fourth-order valence-corrected chi connectivity index (χ4v) is 2.82. The zero-order valence-corrected chi connectivity index (χ0v) is 14.4. The Kier molecular flexibility index (Phi) is 23.6. The summed E-state index contributed by atoms with van der Waals surface area (Å²) in [4.78, 5) is 10.3. The molecule has 0 fully saturated rings. The Bertz CT molecular complexity index is 219. The molecule has 0 aromatic heterocycles. The molecule has 0 aromatic rings. The molecule has 0 radical (unpaired) electrons. The van der Waals surface area contributed by atoms with Crippen molar-refractivity contribution in [2.75, 3.05) is 0 Å². The Labute approximate surface area is 155 Å². The molecule has 0 heterocycles. The van der Waals surface area contributed by atoms with Crippen LogP contribution in [-0.2, 0) is 4.79 Å². The second kappa shape index (κ2) is 21.2. The predicted octanol–water partition coefficient (Wildman–Crippen LogP) is 5.81. The molecule has 2 nitrogen and oxygen atoms in total. The summed E-state index contributed by atoms with van der Waals surface area (Å²) in [6.07, 6.45) is 21.7. The van der Waals surface area contributed by atoms with Crippen LogP contribution in [0.15, 0.2) is 0 Å². The first-order valence-electron chi connectivity index (χ1n) is 9.49. The van der Waals surface area contributed by atoms with Crippen LogP contribution in [0.25, 0.3) is 0 Å². The van der Waals surface area contributed by atoms with Crippen molar-refractivity contribution in [3.63, 3.8) is 0 Å². The highest BCUT2D eigenvalue weighted by Crippen LogP contribution is 2.13. The highest BCUT2D eigenvalue weighted by atomic mass is 24.3. The summed E-state index contributed by atoms with van der Waals surface area (Å²) < 4.78 is 0. The minimum atomic E-state index is -0.652. The molecule has 0 rings (SSSR count). The Morgan fingerprint density at radius 1 is 0.591 bits per heavy atom. The average molecular weight is 325 g/mol. The number of rotatable bonds is 17. The minimum Gasteiger partial charge on any atom is -0.481 e. The number of unbranched alkanes of at least 4 members (excludes halogenated alkanes) is 15. The molecule has 130 valence electrons. The van der Waals surface area contributed by atoms with Gasteiger partial charge in [0.05, 0.1) is 0 Å². The predicted molar refractivity (Wildman–Crippen MR) is 100 cm³/mol. The third-order valence-electron chi connectivity index (χ3n) is 4.24. The average Bonchev–Trinajstić information content (AvgIpc) is 2.46. The monoisotopic (exact) mass is 324 g/mol. The second-order valence-electron chi connectivity index (χ2n) is 6.45. The summed E-state index contributed by atoms with van der Waals surface area (Å²) in [7, 11) is 0. The number of carboxylic acids is 1. The molecule has 1 N–H and O–H groups in total. The van der Waals surface area contributed by atoms with Gasteiger partial charge in [0.15, 0.2) is 0 Å². The molecule has 0 saturated carbocycles. The van der Waals surface area contributed by atoms with Gasteiger partial charge in [0, 0.05) is 6.42 Å². The molecule has 0 aliphatic heterocycles. The lowest BCUT2D eigenvalue weighted by Gasteiger charge is -2.03. The zero-order chi connectivity index (χ0) is 15.6. The molecular weight excluding hydrogens is 285 g/mol. The van der Waals surface area contributed by atoms with Crippen LogP contribution >= 0.6 is 0 Å². The molecule has 0 aliphatic carbocycles. The van der Waals surface area contributed by atoms with Crippen LogP contribution in [0.3, 0.4) is 0 Å². The van der Waals surface area contributed by atoms with Crippen LogP contribution in [0.1, 0.15) is 116 Å². The Morgan fingerprint density at radius 2 is 0.864 bits per heavy atom. The Hall–Kier alpha value is 0.236. The minimum absolute atomic E-state index is 0. The van der Waals surface area contributed by atoms with Gasteiger partial charge in [0.25, 0.3) is 0 Å². The number of aliphatic carboxylic acids is 1. The lowest BCUT2D eigenvalue weighted by Crippen LogP contribution is -1.93. The molecule has 0 amide bonds. The van der Waals surface area contributed by atoms with Gasteiger partial charge in [-0.15, -0.1) is 0 Å². The van der Waals surface area contributed by atoms with Gasteiger partial charge in [-0.05, 0) is 6.42 Å². The van der Waals surface area contributed by atoms with Crippen molar-refractivity contribution >= 4 is 29.0 Å². The van der Waals surface area contributed by atoms with Crippen LogP contribution in [-0.4, -0.2) is 34.1 Å². The molecule has 0 aliphatic rings. The van der Waals surface area contributed by atoms with Crippen molar-refractivity contribution in [1.29, 1.82) is 0 Å². The van der Waals surface area contributed by atoms with E-state index in [4.69, 9.17) is 5.11 Å². The fourth-order valence-electron chi connectivity index (χ4n) is 2.82. The van der Waals surface area contributed by atoms with Crippen LogP contribution < -0.4 is 0 Å². The van der Waals surface area contributed by atoms with E-state index in [1.54, 1.807) is 0 Å². The van der Waals surface area contributed by atoms with E-state index in [2.05, 4.69) is 6.92 Å². The van der Waals surface area contributed by atoms with E-state index in [1.165, 1.54) is 89.9 Å². The van der Waals surface area contributed by atoms with Crippen molar-refractivity contribution in [3.05, 3.63) is 0 Å². The van der Waals surface area contributed by atoms with Crippen molar-refractivity contribution in [2.45, 2.75) is 116 Å². The van der Waals surface area contributed by atoms with Gasteiger partial charge in [-0.3, -0.25) is 4.79 Å². The van der Waals surface area contributed by atoms with Gasteiger partial charge < -0.3 is 5.11 Å². The smallest absolute Gasteiger partial charge is 0.316 e. The molecule has 0 atom stereocenters. The van der Waals surface area contributed by atoms with E-state index >= 15 is 0 Å². The van der Waals surface area contributed by atoms with Gasteiger partial charge >= 0.3 is 29.0 Å². The topological polar surface area (TPSA) is 37.3 Å². The Morgan fingerprint density at radius 3 is 1.14 bits per heavy atom. The number of hydrogen-bond donors (Lipinski definition) is 1. The number of carboxylic acid groups (broad SMARTS) is 1. The molecule has 0 spiro atoms. The maximum absolute atomic E-state index is 10.3. The molecule has 0 unspecified atom stereocenters. The molecule has 3 heteroatoms. The van der Waals surface area contributed by atoms with Gasteiger partial charge in [-0.2, -0.15) is 0 Å². The summed E-state index contributed by atoms with van der Waals surface area (Å²) in [6, 6.07) is 0.